The van der Waals surface area contributed by atoms with Crippen molar-refractivity contribution in [1.82, 2.24) is 19.5 Å². The topological polar surface area (TPSA) is 143 Å². The number of hydrogen-bond donors (Lipinski definition) is 4. The van der Waals surface area contributed by atoms with Gasteiger partial charge in [-0.25, -0.2) is 15.0 Å². The number of nitrogens with two attached hydrogens (primary N) is 1. The van der Waals surface area contributed by atoms with Crippen molar-refractivity contribution >= 4 is 22.9 Å². The van der Waals surface area contributed by atoms with Gasteiger partial charge in [0, 0.05) is 13.1 Å². The molecule has 1 aromatic carbocycles. The summed E-state index contributed by atoms with van der Waals surface area (Å²) in [6, 6.07) is 8.22. The second-order valence-corrected chi connectivity index (χ2v) is 7.38. The molecule has 0 unspecified atom stereocenters. The average molecular weight is 398 g/mol. The van der Waals surface area contributed by atoms with Gasteiger partial charge in [0.15, 0.2) is 23.2 Å². The highest BCUT2D eigenvalue weighted by Gasteiger charge is 2.45. The molecule has 3 aromatic rings. The number of aliphatic hydroxyl groups excluding tert-OH is 3. The van der Waals surface area contributed by atoms with Crippen molar-refractivity contribution in [3.63, 3.8) is 0 Å². The molecule has 2 aromatic heterocycles. The van der Waals surface area contributed by atoms with E-state index in [9.17, 15) is 15.3 Å². The van der Waals surface area contributed by atoms with Crippen LogP contribution in [0.1, 0.15) is 17.4 Å². The van der Waals surface area contributed by atoms with Crippen LogP contribution in [0.3, 0.4) is 0 Å². The third kappa shape index (κ3) is 2.84. The lowest BCUT2D eigenvalue weighted by molar-refractivity contribution is -0.0504. The molecule has 2 aliphatic heterocycles. The average Bonchev–Trinajstić information content (AvgIpc) is 3.26. The summed E-state index contributed by atoms with van der Waals surface area (Å²) >= 11 is 0. The van der Waals surface area contributed by atoms with E-state index in [-0.39, 0.29) is 5.82 Å². The molecule has 2 aliphatic rings. The van der Waals surface area contributed by atoms with Gasteiger partial charge in [-0.15, -0.1) is 0 Å². The Bertz CT molecular complexity index is 1060. The molecule has 0 bridgehead atoms. The Balaban J connectivity index is 1.63. The summed E-state index contributed by atoms with van der Waals surface area (Å²) in [5.74, 6) is 0.746. The molecule has 5 rings (SSSR count). The molecule has 0 radical (unpaired) electrons. The number of rotatable bonds is 3. The van der Waals surface area contributed by atoms with Crippen LogP contribution in [-0.2, 0) is 17.7 Å². The second-order valence-electron chi connectivity index (χ2n) is 7.38. The number of anilines is 2. The molecule has 10 nitrogen and oxygen atoms in total. The van der Waals surface area contributed by atoms with Gasteiger partial charge >= 0.3 is 0 Å². The molecule has 0 saturated carbocycles. The fourth-order valence-corrected chi connectivity index (χ4v) is 4.13. The van der Waals surface area contributed by atoms with Crippen LogP contribution in [0.15, 0.2) is 30.6 Å². The Hall–Kier alpha value is -2.79. The molecule has 0 amide bonds. The zero-order valence-electron chi connectivity index (χ0n) is 15.6. The van der Waals surface area contributed by atoms with E-state index in [4.69, 9.17) is 10.5 Å². The number of aliphatic hydroxyl groups is 3. The number of nitrogen functional groups attached to an aromatic ring is 1. The van der Waals surface area contributed by atoms with Crippen molar-refractivity contribution in [3.05, 3.63) is 41.7 Å². The predicted octanol–water partition coefficient (Wildman–Crippen LogP) is -0.417. The first-order valence-corrected chi connectivity index (χ1v) is 9.51. The van der Waals surface area contributed by atoms with Crippen LogP contribution in [0.5, 0.6) is 0 Å². The van der Waals surface area contributed by atoms with E-state index >= 15 is 0 Å². The molecule has 4 heterocycles. The maximum Gasteiger partial charge on any atom is 0.210 e. The van der Waals surface area contributed by atoms with Gasteiger partial charge in [-0.05, 0) is 17.5 Å². The second kappa shape index (κ2) is 6.92. The highest BCUT2D eigenvalue weighted by Crippen LogP contribution is 2.37. The number of ether oxygens (including phenoxy) is 1. The van der Waals surface area contributed by atoms with Crippen molar-refractivity contribution in [3.8, 4) is 0 Å². The van der Waals surface area contributed by atoms with Crippen LogP contribution < -0.4 is 10.6 Å². The first-order chi connectivity index (χ1) is 14.1. The normalized spacial score (nSPS) is 26.8. The van der Waals surface area contributed by atoms with E-state index in [0.717, 1.165) is 6.42 Å². The smallest absolute Gasteiger partial charge is 0.210 e. The van der Waals surface area contributed by atoms with Crippen molar-refractivity contribution < 1.29 is 20.1 Å². The number of aromatic nitrogens is 4. The summed E-state index contributed by atoms with van der Waals surface area (Å²) in [4.78, 5) is 15.1. The van der Waals surface area contributed by atoms with Crippen molar-refractivity contribution in [2.45, 2.75) is 37.5 Å². The fraction of sp³-hybridized carbons (Fsp3) is 0.421. The minimum absolute atomic E-state index is 0.221. The number of nitrogens with zero attached hydrogens (tertiary/aromatic N) is 5. The first kappa shape index (κ1) is 18.3. The number of imidazole rings is 1. The van der Waals surface area contributed by atoms with Gasteiger partial charge in [-0.2, -0.15) is 0 Å². The monoisotopic (exact) mass is 398 g/mol. The molecule has 4 atom stereocenters. The van der Waals surface area contributed by atoms with E-state index in [1.807, 2.05) is 12.1 Å². The van der Waals surface area contributed by atoms with E-state index in [0.29, 0.717) is 30.2 Å². The molecule has 1 fully saturated rings. The molecule has 152 valence electrons. The highest BCUT2D eigenvalue weighted by molar-refractivity contribution is 5.84. The third-order valence-electron chi connectivity index (χ3n) is 5.67. The zero-order valence-corrected chi connectivity index (χ0v) is 15.6. The zero-order chi connectivity index (χ0) is 20.1. The predicted molar refractivity (Wildman–Crippen MR) is 104 cm³/mol. The van der Waals surface area contributed by atoms with Gasteiger partial charge < -0.3 is 30.7 Å². The molecular formula is C19H22N6O4. The highest BCUT2D eigenvalue weighted by atomic mass is 16.6. The Kier molecular flexibility index (Phi) is 4.36. The van der Waals surface area contributed by atoms with E-state index in [1.54, 1.807) is 4.57 Å². The molecular weight excluding hydrogens is 376 g/mol. The summed E-state index contributed by atoms with van der Waals surface area (Å²) < 4.78 is 7.42. The molecule has 0 aliphatic carbocycles. The molecule has 1 saturated heterocycles. The molecule has 5 N–H and O–H groups in total. The van der Waals surface area contributed by atoms with Crippen molar-refractivity contribution in [1.29, 1.82) is 0 Å². The van der Waals surface area contributed by atoms with E-state index < -0.39 is 31.1 Å². The number of hydrogen-bond acceptors (Lipinski definition) is 9. The van der Waals surface area contributed by atoms with Crippen LogP contribution >= 0.6 is 0 Å². The third-order valence-corrected chi connectivity index (χ3v) is 5.67. The van der Waals surface area contributed by atoms with Gasteiger partial charge in [0.1, 0.15) is 24.6 Å². The number of fused-ring (bicyclic) bond motifs is 2. The van der Waals surface area contributed by atoms with Crippen LogP contribution in [0.25, 0.3) is 11.2 Å². The summed E-state index contributed by atoms with van der Waals surface area (Å²) in [5.41, 5.74) is 9.31. The van der Waals surface area contributed by atoms with E-state index in [2.05, 4.69) is 32.0 Å². The lowest BCUT2D eigenvalue weighted by Crippen LogP contribution is -2.36. The maximum atomic E-state index is 10.6. The standard InChI is InChI=1S/C19H22N6O4/c20-16-13-17(22-9-21-16)25(18-15(28)14(27)12(8-26)29-18)19(23-13)24-6-5-10-3-1-2-4-11(10)7-24/h1-4,9,12,14-15,18,26-28H,5-8H2,(H2,20,21,22)/t12-,14-,15-,18-/m1/s1. The van der Waals surface area contributed by atoms with Gasteiger partial charge in [-0.3, -0.25) is 4.57 Å². The Morgan fingerprint density at radius 1 is 1.14 bits per heavy atom. The van der Waals surface area contributed by atoms with Crippen LogP contribution in [0.4, 0.5) is 11.8 Å². The minimum Gasteiger partial charge on any atom is -0.394 e. The van der Waals surface area contributed by atoms with Crippen LogP contribution in [0.2, 0.25) is 0 Å². The van der Waals surface area contributed by atoms with Gasteiger partial charge in [0.2, 0.25) is 5.95 Å². The van der Waals surface area contributed by atoms with Gasteiger partial charge in [-0.1, -0.05) is 24.3 Å². The van der Waals surface area contributed by atoms with Gasteiger partial charge in [0.25, 0.3) is 0 Å². The molecule has 10 heteroatoms. The number of benzene rings is 1. The Labute approximate surface area is 166 Å². The lowest BCUT2D eigenvalue weighted by atomic mass is 10.0. The summed E-state index contributed by atoms with van der Waals surface area (Å²) in [6.07, 6.45) is -2.17. The summed E-state index contributed by atoms with van der Waals surface area (Å²) in [7, 11) is 0. The fourth-order valence-electron chi connectivity index (χ4n) is 4.13. The SMILES string of the molecule is Nc1ncnc2c1nc(N1CCc3ccccc3C1)n2[C@@H]1O[C@H](CO)[C@@H](O)[C@H]1O. The quantitative estimate of drug-likeness (QED) is 0.463. The van der Waals surface area contributed by atoms with Gasteiger partial charge in [0.05, 0.1) is 6.61 Å². The van der Waals surface area contributed by atoms with Crippen molar-refractivity contribution in [2.75, 3.05) is 23.8 Å². The Morgan fingerprint density at radius 2 is 1.93 bits per heavy atom. The van der Waals surface area contributed by atoms with Crippen LogP contribution in [0, 0.1) is 0 Å². The van der Waals surface area contributed by atoms with E-state index in [1.165, 1.54) is 17.5 Å². The lowest BCUT2D eigenvalue weighted by Gasteiger charge is -2.31. The van der Waals surface area contributed by atoms with Crippen molar-refractivity contribution in [2.24, 2.45) is 0 Å². The summed E-state index contributed by atoms with van der Waals surface area (Å²) in [5, 5.41) is 30.3. The summed E-state index contributed by atoms with van der Waals surface area (Å²) in [6.45, 7) is 0.926. The molecule has 29 heavy (non-hydrogen) atoms. The minimum atomic E-state index is -1.25. The first-order valence-electron chi connectivity index (χ1n) is 9.51. The maximum absolute atomic E-state index is 10.6. The van der Waals surface area contributed by atoms with Crippen LogP contribution in [-0.4, -0.2) is 66.3 Å². The Morgan fingerprint density at radius 3 is 2.69 bits per heavy atom. The largest absolute Gasteiger partial charge is 0.394 e. The molecule has 0 spiro atoms.